The maximum atomic E-state index is 3.00. The summed E-state index contributed by atoms with van der Waals surface area (Å²) in [4.78, 5) is 0. The Hall–Kier alpha value is -0.880. The molecule has 0 rings (SSSR count). The monoisotopic (exact) mass is 134 g/mol. The van der Waals surface area contributed by atoms with Gasteiger partial charge in [0.05, 0.1) is 0 Å². The third-order valence-corrected chi connectivity index (χ3v) is 1.18. The van der Waals surface area contributed by atoms with Gasteiger partial charge in [-0.2, -0.15) is 0 Å². The lowest BCUT2D eigenvalue weighted by Gasteiger charge is -1.86. The third-order valence-electron chi connectivity index (χ3n) is 1.18. The van der Waals surface area contributed by atoms with Crippen LogP contribution in [0.1, 0.15) is 39.5 Å². The van der Waals surface area contributed by atoms with Gasteiger partial charge in [-0.15, -0.1) is 0 Å². The molecule has 0 aromatic carbocycles. The molecule has 0 radical (unpaired) electrons. The van der Waals surface area contributed by atoms with Gasteiger partial charge in [-0.25, -0.2) is 0 Å². The number of unbranched alkanes of at least 4 members (excludes halogenated alkanes) is 3. The van der Waals surface area contributed by atoms with Gasteiger partial charge in [-0.05, 0) is 25.2 Å². The van der Waals surface area contributed by atoms with Crippen LogP contribution in [0, 0.1) is 23.7 Å². The molecule has 0 N–H and O–H groups in total. The molecule has 0 aliphatic carbocycles. The normalized spacial score (nSPS) is 7.00. The third kappa shape index (κ3) is 7.12. The molecule has 0 spiro atoms. The molecule has 10 heavy (non-hydrogen) atoms. The number of rotatable bonds is 3. The molecule has 54 valence electrons. The van der Waals surface area contributed by atoms with Crippen LogP contribution in [0.3, 0.4) is 0 Å². The standard InChI is InChI=1S/C10H14/c1-3-5-7-9-10-8-6-4-2/h3,5,7,9H2,1-2H3. The lowest BCUT2D eigenvalue weighted by Crippen LogP contribution is -1.70. The van der Waals surface area contributed by atoms with Crippen molar-refractivity contribution in [2.45, 2.75) is 39.5 Å². The Morgan fingerprint density at radius 3 is 2.50 bits per heavy atom. The van der Waals surface area contributed by atoms with E-state index in [1.54, 1.807) is 6.92 Å². The molecule has 0 heteroatoms. The average molecular weight is 134 g/mol. The molecule has 0 fully saturated rings. The zero-order valence-electron chi connectivity index (χ0n) is 6.83. The van der Waals surface area contributed by atoms with Crippen LogP contribution >= 0.6 is 0 Å². The van der Waals surface area contributed by atoms with Crippen LogP contribution in [-0.4, -0.2) is 0 Å². The van der Waals surface area contributed by atoms with Crippen molar-refractivity contribution < 1.29 is 0 Å². The van der Waals surface area contributed by atoms with Gasteiger partial charge in [-0.1, -0.05) is 31.6 Å². The fourth-order valence-corrected chi connectivity index (χ4v) is 0.633. The largest absolute Gasteiger partial charge is 0.0925 e. The first kappa shape index (κ1) is 9.12. The second kappa shape index (κ2) is 8.12. The molecule has 0 aliphatic rings. The van der Waals surface area contributed by atoms with E-state index in [0.717, 1.165) is 6.42 Å². The smallest absolute Gasteiger partial charge is 0.00989 e. The summed E-state index contributed by atoms with van der Waals surface area (Å²) < 4.78 is 0. The summed E-state index contributed by atoms with van der Waals surface area (Å²) in [5.41, 5.74) is 0. The van der Waals surface area contributed by atoms with Gasteiger partial charge in [0, 0.05) is 6.42 Å². The van der Waals surface area contributed by atoms with Gasteiger partial charge < -0.3 is 0 Å². The van der Waals surface area contributed by atoms with E-state index >= 15 is 0 Å². The van der Waals surface area contributed by atoms with Crippen molar-refractivity contribution in [1.29, 1.82) is 0 Å². The van der Waals surface area contributed by atoms with E-state index < -0.39 is 0 Å². The average Bonchev–Trinajstić information content (AvgIpc) is 1.97. The quantitative estimate of drug-likeness (QED) is 0.411. The number of hydrogen-bond acceptors (Lipinski definition) is 0. The van der Waals surface area contributed by atoms with E-state index in [-0.39, 0.29) is 0 Å². The van der Waals surface area contributed by atoms with E-state index in [0.29, 0.717) is 0 Å². The second-order valence-corrected chi connectivity index (χ2v) is 2.13. The summed E-state index contributed by atoms with van der Waals surface area (Å²) in [5.74, 6) is 11.2. The highest BCUT2D eigenvalue weighted by Gasteiger charge is 1.78. The van der Waals surface area contributed by atoms with Crippen molar-refractivity contribution >= 4 is 0 Å². The van der Waals surface area contributed by atoms with Crippen molar-refractivity contribution in [2.24, 2.45) is 0 Å². The minimum Gasteiger partial charge on any atom is -0.0925 e. The van der Waals surface area contributed by atoms with E-state index in [4.69, 9.17) is 0 Å². The molecular formula is C10H14. The molecule has 0 aliphatic heterocycles. The molecular weight excluding hydrogens is 120 g/mol. The van der Waals surface area contributed by atoms with E-state index in [1.165, 1.54) is 19.3 Å². The molecule has 0 aromatic rings. The van der Waals surface area contributed by atoms with Crippen LogP contribution < -0.4 is 0 Å². The maximum Gasteiger partial charge on any atom is 0.00989 e. The summed E-state index contributed by atoms with van der Waals surface area (Å²) in [5, 5.41) is 0. The first-order valence-electron chi connectivity index (χ1n) is 3.81. The van der Waals surface area contributed by atoms with Gasteiger partial charge in [0.15, 0.2) is 0 Å². The molecule has 0 aromatic heterocycles. The topological polar surface area (TPSA) is 0 Å². The molecule has 0 bridgehead atoms. The highest BCUT2D eigenvalue weighted by molar-refractivity contribution is 5.24. The minimum absolute atomic E-state index is 1.00. The van der Waals surface area contributed by atoms with Gasteiger partial charge in [0.2, 0.25) is 0 Å². The van der Waals surface area contributed by atoms with Crippen molar-refractivity contribution in [3.8, 4) is 23.7 Å². The lowest BCUT2D eigenvalue weighted by molar-refractivity contribution is 0.737. The Labute approximate surface area is 64.0 Å². The Morgan fingerprint density at radius 1 is 1.10 bits per heavy atom. The molecule has 0 heterocycles. The van der Waals surface area contributed by atoms with Crippen LogP contribution in [-0.2, 0) is 0 Å². The Balaban J connectivity index is 3.17. The molecule has 0 amide bonds. The van der Waals surface area contributed by atoms with Crippen LogP contribution in [0.2, 0.25) is 0 Å². The maximum absolute atomic E-state index is 3.00. The van der Waals surface area contributed by atoms with Crippen LogP contribution in [0.4, 0.5) is 0 Å². The van der Waals surface area contributed by atoms with Crippen molar-refractivity contribution in [2.75, 3.05) is 0 Å². The van der Waals surface area contributed by atoms with Crippen LogP contribution in [0.25, 0.3) is 0 Å². The summed E-state index contributed by atoms with van der Waals surface area (Å²) >= 11 is 0. The van der Waals surface area contributed by atoms with Gasteiger partial charge in [0.1, 0.15) is 0 Å². The fourth-order valence-electron chi connectivity index (χ4n) is 0.633. The first-order chi connectivity index (χ1) is 4.91. The molecule has 0 nitrogen and oxygen atoms in total. The van der Waals surface area contributed by atoms with Gasteiger partial charge >= 0.3 is 0 Å². The molecule has 0 saturated heterocycles. The van der Waals surface area contributed by atoms with Crippen LogP contribution in [0.15, 0.2) is 0 Å². The molecule has 0 atom stereocenters. The minimum atomic E-state index is 1.00. The Morgan fingerprint density at radius 2 is 1.90 bits per heavy atom. The zero-order chi connectivity index (χ0) is 7.66. The Kier molecular flexibility index (Phi) is 7.41. The zero-order valence-corrected chi connectivity index (χ0v) is 6.83. The number of hydrogen-bond donors (Lipinski definition) is 0. The lowest BCUT2D eigenvalue weighted by atomic mass is 10.2. The second-order valence-electron chi connectivity index (χ2n) is 2.13. The molecule has 0 saturated carbocycles. The Bertz CT molecular complexity index is 168. The summed E-state index contributed by atoms with van der Waals surface area (Å²) in [7, 11) is 0. The molecule has 0 unspecified atom stereocenters. The predicted octanol–water partition coefficient (Wildman–Crippen LogP) is 2.59. The van der Waals surface area contributed by atoms with E-state index in [9.17, 15) is 0 Å². The van der Waals surface area contributed by atoms with Gasteiger partial charge in [0.25, 0.3) is 0 Å². The van der Waals surface area contributed by atoms with Gasteiger partial charge in [-0.3, -0.25) is 0 Å². The highest BCUT2D eigenvalue weighted by Crippen LogP contribution is 1.96. The highest BCUT2D eigenvalue weighted by atomic mass is 13.8. The summed E-state index contributed by atoms with van der Waals surface area (Å²) in [6.07, 6.45) is 4.77. The van der Waals surface area contributed by atoms with E-state index in [2.05, 4.69) is 30.6 Å². The SMILES string of the molecule is CC#CC#CCCCCC. The first-order valence-corrected chi connectivity index (χ1v) is 3.81. The summed E-state index contributed by atoms with van der Waals surface area (Å²) in [6.45, 7) is 4.00. The predicted molar refractivity (Wildman–Crippen MR) is 45.4 cm³/mol. The van der Waals surface area contributed by atoms with E-state index in [1.807, 2.05) is 0 Å². The van der Waals surface area contributed by atoms with Crippen LogP contribution in [0.5, 0.6) is 0 Å². The summed E-state index contributed by atoms with van der Waals surface area (Å²) in [6, 6.07) is 0. The van der Waals surface area contributed by atoms with Crippen molar-refractivity contribution in [3.05, 3.63) is 0 Å². The fraction of sp³-hybridized carbons (Fsp3) is 0.600. The van der Waals surface area contributed by atoms with Crippen molar-refractivity contribution in [1.82, 2.24) is 0 Å². The van der Waals surface area contributed by atoms with Crippen molar-refractivity contribution in [3.63, 3.8) is 0 Å².